The third kappa shape index (κ3) is 5.38. The highest BCUT2D eigenvalue weighted by Gasteiger charge is 2.50. The van der Waals surface area contributed by atoms with Crippen LogP contribution in [0.25, 0.3) is 0 Å². The quantitative estimate of drug-likeness (QED) is 0.689. The standard InChI is InChI=1S/C20H24F3NO3/c1-18(2,12-24)11-15-7-6-14-9-13(5-8-16(14)26-15)10-17(25)27-19(3,4)20(21,22)23/h5,8-9,15H,6-7,10-11H2,1-4H3/t15-/m1/s1. The van der Waals surface area contributed by atoms with E-state index in [0.29, 0.717) is 17.7 Å². The van der Waals surface area contributed by atoms with Crippen LogP contribution >= 0.6 is 0 Å². The van der Waals surface area contributed by atoms with E-state index >= 15 is 0 Å². The third-order valence-electron chi connectivity index (χ3n) is 4.59. The zero-order valence-corrected chi connectivity index (χ0v) is 15.9. The van der Waals surface area contributed by atoms with Gasteiger partial charge in [0.2, 0.25) is 5.60 Å². The van der Waals surface area contributed by atoms with Crippen LogP contribution in [-0.2, 0) is 22.4 Å². The first kappa shape index (κ1) is 21.1. The SMILES string of the molecule is CC(C)(C#N)C[C@H]1CCc2cc(CC(=O)OC(C)(C)C(F)(F)F)ccc2O1. The number of nitriles is 1. The number of hydrogen-bond acceptors (Lipinski definition) is 4. The molecule has 1 aromatic rings. The van der Waals surface area contributed by atoms with Gasteiger partial charge in [-0.2, -0.15) is 18.4 Å². The number of carbonyl (C=O) groups excluding carboxylic acids is 1. The summed E-state index contributed by atoms with van der Waals surface area (Å²) in [6.45, 7) is 5.38. The van der Waals surface area contributed by atoms with Crippen molar-refractivity contribution in [1.29, 1.82) is 5.26 Å². The van der Waals surface area contributed by atoms with Crippen molar-refractivity contribution in [3.63, 3.8) is 0 Å². The van der Waals surface area contributed by atoms with Crippen LogP contribution in [0.3, 0.4) is 0 Å². The number of carbonyl (C=O) groups is 1. The average Bonchev–Trinajstić information content (AvgIpc) is 2.53. The van der Waals surface area contributed by atoms with Gasteiger partial charge in [0, 0.05) is 6.42 Å². The van der Waals surface area contributed by atoms with Gasteiger partial charge in [-0.25, -0.2) is 0 Å². The molecule has 2 rings (SSSR count). The third-order valence-corrected chi connectivity index (χ3v) is 4.59. The molecule has 148 valence electrons. The van der Waals surface area contributed by atoms with Gasteiger partial charge in [-0.15, -0.1) is 0 Å². The van der Waals surface area contributed by atoms with Crippen LogP contribution in [0.1, 0.15) is 51.7 Å². The Morgan fingerprint density at radius 1 is 1.30 bits per heavy atom. The molecule has 1 aromatic carbocycles. The van der Waals surface area contributed by atoms with Crippen molar-refractivity contribution in [3.8, 4) is 11.8 Å². The largest absolute Gasteiger partial charge is 0.490 e. The van der Waals surface area contributed by atoms with Crippen LogP contribution in [0.4, 0.5) is 13.2 Å². The molecule has 0 aromatic heterocycles. The van der Waals surface area contributed by atoms with Gasteiger partial charge in [-0.3, -0.25) is 4.79 Å². The van der Waals surface area contributed by atoms with E-state index in [2.05, 4.69) is 10.8 Å². The summed E-state index contributed by atoms with van der Waals surface area (Å²) < 4.78 is 49.0. The minimum Gasteiger partial charge on any atom is -0.490 e. The van der Waals surface area contributed by atoms with E-state index in [9.17, 15) is 18.0 Å². The number of esters is 1. The molecule has 1 heterocycles. The molecule has 0 saturated heterocycles. The topological polar surface area (TPSA) is 59.3 Å². The first-order chi connectivity index (χ1) is 12.3. The number of nitrogens with zero attached hydrogens (tertiary/aromatic N) is 1. The van der Waals surface area contributed by atoms with Crippen molar-refractivity contribution in [1.82, 2.24) is 0 Å². The Balaban J connectivity index is 2.02. The lowest BCUT2D eigenvalue weighted by molar-refractivity contribution is -0.257. The Morgan fingerprint density at radius 2 is 1.96 bits per heavy atom. The van der Waals surface area contributed by atoms with E-state index in [-0.39, 0.29) is 12.5 Å². The molecule has 0 fully saturated rings. The second-order valence-corrected chi connectivity index (χ2v) is 8.08. The van der Waals surface area contributed by atoms with E-state index in [0.717, 1.165) is 32.3 Å². The summed E-state index contributed by atoms with van der Waals surface area (Å²) in [5.74, 6) is -0.240. The van der Waals surface area contributed by atoms with E-state index < -0.39 is 23.2 Å². The van der Waals surface area contributed by atoms with E-state index in [4.69, 9.17) is 10.00 Å². The molecule has 1 atom stereocenters. The summed E-state index contributed by atoms with van der Waals surface area (Å²) in [7, 11) is 0. The van der Waals surface area contributed by atoms with Gasteiger partial charge in [-0.1, -0.05) is 12.1 Å². The number of alkyl halides is 3. The first-order valence-corrected chi connectivity index (χ1v) is 8.81. The van der Waals surface area contributed by atoms with Crippen LogP contribution in [0.2, 0.25) is 0 Å². The summed E-state index contributed by atoms with van der Waals surface area (Å²) in [4.78, 5) is 11.9. The molecule has 1 aliphatic heterocycles. The Kier molecular flexibility index (Phi) is 5.79. The van der Waals surface area contributed by atoms with E-state index in [1.807, 2.05) is 13.8 Å². The normalized spacial score (nSPS) is 17.5. The Morgan fingerprint density at radius 3 is 2.56 bits per heavy atom. The van der Waals surface area contributed by atoms with Crippen LogP contribution in [0, 0.1) is 16.7 Å². The monoisotopic (exact) mass is 383 g/mol. The van der Waals surface area contributed by atoms with Gasteiger partial charge in [0.25, 0.3) is 0 Å². The zero-order chi connectivity index (χ0) is 20.5. The van der Waals surface area contributed by atoms with Crippen LogP contribution in [-0.4, -0.2) is 23.9 Å². The summed E-state index contributed by atoms with van der Waals surface area (Å²) in [6.07, 6.45) is -2.85. The molecule has 7 heteroatoms. The lowest BCUT2D eigenvalue weighted by Gasteiger charge is -2.30. The van der Waals surface area contributed by atoms with Gasteiger partial charge >= 0.3 is 12.1 Å². The summed E-state index contributed by atoms with van der Waals surface area (Å²) >= 11 is 0. The Hall–Kier alpha value is -2.23. The fraction of sp³-hybridized carbons (Fsp3) is 0.600. The molecule has 0 bridgehead atoms. The second-order valence-electron chi connectivity index (χ2n) is 8.08. The second kappa shape index (κ2) is 7.41. The maximum Gasteiger partial charge on any atom is 0.427 e. The molecule has 27 heavy (non-hydrogen) atoms. The lowest BCUT2D eigenvalue weighted by Crippen LogP contribution is -2.43. The average molecular weight is 383 g/mol. The van der Waals surface area contributed by atoms with Gasteiger partial charge in [0.05, 0.1) is 17.9 Å². The highest BCUT2D eigenvalue weighted by atomic mass is 19.4. The zero-order valence-electron chi connectivity index (χ0n) is 15.9. The number of fused-ring (bicyclic) bond motifs is 1. The van der Waals surface area contributed by atoms with E-state index in [1.54, 1.807) is 18.2 Å². The Labute approximate surface area is 157 Å². The molecule has 0 aliphatic carbocycles. The van der Waals surface area contributed by atoms with Crippen LogP contribution in [0.15, 0.2) is 18.2 Å². The van der Waals surface area contributed by atoms with Crippen molar-refractivity contribution >= 4 is 5.97 Å². The number of halogens is 3. The van der Waals surface area contributed by atoms with Crippen molar-refractivity contribution in [2.24, 2.45) is 5.41 Å². The number of hydrogen-bond donors (Lipinski definition) is 0. The summed E-state index contributed by atoms with van der Waals surface area (Å²) in [5, 5.41) is 9.15. The van der Waals surface area contributed by atoms with Crippen molar-refractivity contribution in [2.75, 3.05) is 0 Å². The number of aryl methyl sites for hydroxylation is 1. The van der Waals surface area contributed by atoms with Crippen LogP contribution < -0.4 is 4.74 Å². The number of ether oxygens (including phenoxy) is 2. The molecule has 0 amide bonds. The predicted octanol–water partition coefficient (Wildman–Crippen LogP) is 4.75. The fourth-order valence-corrected chi connectivity index (χ4v) is 2.91. The van der Waals surface area contributed by atoms with Crippen molar-refractivity contribution in [3.05, 3.63) is 29.3 Å². The number of rotatable bonds is 5. The van der Waals surface area contributed by atoms with Crippen LogP contribution in [0.5, 0.6) is 5.75 Å². The van der Waals surface area contributed by atoms with Gasteiger partial charge in [-0.05, 0) is 57.7 Å². The summed E-state index contributed by atoms with van der Waals surface area (Å²) in [5.41, 5.74) is -1.52. The molecular formula is C20H24F3NO3. The fourth-order valence-electron chi connectivity index (χ4n) is 2.91. The molecule has 0 unspecified atom stereocenters. The van der Waals surface area contributed by atoms with Crippen molar-refractivity contribution < 1.29 is 27.4 Å². The molecule has 1 aliphatic rings. The molecule has 0 N–H and O–H groups in total. The van der Waals surface area contributed by atoms with Crippen molar-refractivity contribution in [2.45, 2.75) is 71.3 Å². The van der Waals surface area contributed by atoms with Gasteiger partial charge in [0.1, 0.15) is 11.9 Å². The summed E-state index contributed by atoms with van der Waals surface area (Å²) in [6, 6.07) is 7.40. The maximum atomic E-state index is 12.8. The van der Waals surface area contributed by atoms with Gasteiger partial charge < -0.3 is 9.47 Å². The maximum absolute atomic E-state index is 12.8. The Bertz CT molecular complexity index is 748. The first-order valence-electron chi connectivity index (χ1n) is 8.81. The molecule has 0 radical (unpaired) electrons. The molecular weight excluding hydrogens is 359 g/mol. The number of benzene rings is 1. The predicted molar refractivity (Wildman–Crippen MR) is 93.1 cm³/mol. The minimum absolute atomic E-state index is 0.0597. The highest BCUT2D eigenvalue weighted by Crippen LogP contribution is 2.35. The smallest absolute Gasteiger partial charge is 0.427 e. The molecule has 0 saturated carbocycles. The molecule has 0 spiro atoms. The minimum atomic E-state index is -4.63. The molecule has 4 nitrogen and oxygen atoms in total. The lowest BCUT2D eigenvalue weighted by atomic mass is 9.85. The highest BCUT2D eigenvalue weighted by molar-refractivity contribution is 5.73. The van der Waals surface area contributed by atoms with E-state index in [1.165, 1.54) is 0 Å². The van der Waals surface area contributed by atoms with Gasteiger partial charge in [0.15, 0.2) is 0 Å².